The molecule has 0 bridgehead atoms. The van der Waals surface area contributed by atoms with Gasteiger partial charge >= 0.3 is 0 Å². The van der Waals surface area contributed by atoms with Crippen LogP contribution in [0.3, 0.4) is 0 Å². The fourth-order valence-electron chi connectivity index (χ4n) is 2.66. The molecule has 0 spiro atoms. The maximum atomic E-state index is 11.0. The molecule has 110 valence electrons. The first-order valence-electron chi connectivity index (χ1n) is 6.64. The summed E-state index contributed by atoms with van der Waals surface area (Å²) in [6.07, 6.45) is 2.14. The van der Waals surface area contributed by atoms with Crippen molar-refractivity contribution in [3.8, 4) is 0 Å². The van der Waals surface area contributed by atoms with Crippen LogP contribution in [0.25, 0.3) is 0 Å². The second-order valence-corrected chi connectivity index (χ2v) is 6.37. The molecule has 1 aromatic rings. The average molecular weight is 343 g/mol. The average Bonchev–Trinajstić information content (AvgIpc) is 2.41. The molecule has 0 aromatic heterocycles. The van der Waals surface area contributed by atoms with E-state index in [1.165, 1.54) is 0 Å². The maximum absolute atomic E-state index is 11.0. The molecule has 1 fully saturated rings. The van der Waals surface area contributed by atoms with E-state index < -0.39 is 0 Å². The Balaban J connectivity index is 2.10. The molecule has 0 N–H and O–H groups in total. The Kier molecular flexibility index (Phi) is 4.78. The van der Waals surface area contributed by atoms with Gasteiger partial charge in [-0.3, -0.25) is 15.0 Å². The molecule has 1 aromatic carbocycles. The SMILES string of the molecule is COC1(C)CCCN(Cc2ccc(Br)c([N+](=O)[O-])c2)C1. The first kappa shape index (κ1) is 15.4. The molecule has 5 nitrogen and oxygen atoms in total. The van der Waals surface area contributed by atoms with Crippen LogP contribution in [0.1, 0.15) is 25.3 Å². The van der Waals surface area contributed by atoms with Crippen molar-refractivity contribution in [2.24, 2.45) is 0 Å². The Hall–Kier alpha value is -0.980. The number of hydrogen-bond donors (Lipinski definition) is 0. The van der Waals surface area contributed by atoms with Gasteiger partial charge in [0.25, 0.3) is 5.69 Å². The van der Waals surface area contributed by atoms with Crippen LogP contribution in [-0.4, -0.2) is 35.6 Å². The standard InChI is InChI=1S/C14H19BrN2O3/c1-14(20-2)6-3-7-16(10-14)9-11-4-5-12(15)13(8-11)17(18)19/h4-5,8H,3,6-7,9-10H2,1-2H3. The van der Waals surface area contributed by atoms with Crippen LogP contribution in [0, 0.1) is 10.1 Å². The molecule has 0 radical (unpaired) electrons. The molecule has 20 heavy (non-hydrogen) atoms. The molecule has 2 rings (SSSR count). The molecule has 1 heterocycles. The maximum Gasteiger partial charge on any atom is 0.283 e. The summed E-state index contributed by atoms with van der Waals surface area (Å²) in [6.45, 7) is 4.69. The van der Waals surface area contributed by atoms with Crippen molar-refractivity contribution in [1.82, 2.24) is 4.90 Å². The largest absolute Gasteiger partial charge is 0.377 e. The highest BCUT2D eigenvalue weighted by Crippen LogP contribution is 2.28. The van der Waals surface area contributed by atoms with E-state index in [0.29, 0.717) is 11.0 Å². The monoisotopic (exact) mass is 342 g/mol. The van der Waals surface area contributed by atoms with Crippen LogP contribution in [-0.2, 0) is 11.3 Å². The van der Waals surface area contributed by atoms with Gasteiger partial charge in [0.2, 0.25) is 0 Å². The minimum Gasteiger partial charge on any atom is -0.377 e. The van der Waals surface area contributed by atoms with E-state index in [0.717, 1.165) is 31.5 Å². The molecule has 0 saturated carbocycles. The summed E-state index contributed by atoms with van der Waals surface area (Å²) in [5, 5.41) is 11.0. The lowest BCUT2D eigenvalue weighted by Gasteiger charge is -2.39. The van der Waals surface area contributed by atoms with Crippen molar-refractivity contribution >= 4 is 21.6 Å². The van der Waals surface area contributed by atoms with Gasteiger partial charge in [-0.2, -0.15) is 0 Å². The lowest BCUT2D eigenvalue weighted by atomic mass is 9.94. The zero-order chi connectivity index (χ0) is 14.8. The molecule has 1 aliphatic heterocycles. The normalized spacial score (nSPS) is 23.8. The van der Waals surface area contributed by atoms with Gasteiger partial charge in [-0.25, -0.2) is 0 Å². The molecule has 1 saturated heterocycles. The summed E-state index contributed by atoms with van der Waals surface area (Å²) in [4.78, 5) is 12.9. The first-order valence-corrected chi connectivity index (χ1v) is 7.43. The lowest BCUT2D eigenvalue weighted by Crippen LogP contribution is -2.46. The van der Waals surface area contributed by atoms with Gasteiger partial charge in [0.1, 0.15) is 0 Å². The van der Waals surface area contributed by atoms with E-state index in [1.807, 2.05) is 6.07 Å². The number of nitro benzene ring substituents is 1. The topological polar surface area (TPSA) is 55.6 Å². The molecule has 0 aliphatic carbocycles. The fourth-order valence-corrected chi connectivity index (χ4v) is 3.06. The molecule has 0 amide bonds. The Morgan fingerprint density at radius 2 is 2.30 bits per heavy atom. The van der Waals surface area contributed by atoms with Gasteiger partial charge < -0.3 is 4.74 Å². The highest BCUT2D eigenvalue weighted by atomic mass is 79.9. The Labute approximate surface area is 127 Å². The second-order valence-electron chi connectivity index (χ2n) is 5.51. The molecule has 1 atom stereocenters. The molecule has 1 aliphatic rings. The van der Waals surface area contributed by atoms with Crippen molar-refractivity contribution in [3.63, 3.8) is 0 Å². The number of methoxy groups -OCH3 is 1. The van der Waals surface area contributed by atoms with Crippen molar-refractivity contribution in [2.75, 3.05) is 20.2 Å². The highest BCUT2D eigenvalue weighted by molar-refractivity contribution is 9.10. The summed E-state index contributed by atoms with van der Waals surface area (Å²) in [5.41, 5.74) is 0.966. The van der Waals surface area contributed by atoms with Crippen molar-refractivity contribution in [3.05, 3.63) is 38.3 Å². The smallest absolute Gasteiger partial charge is 0.283 e. The van der Waals surface area contributed by atoms with Crippen LogP contribution < -0.4 is 0 Å². The fraction of sp³-hybridized carbons (Fsp3) is 0.571. The summed E-state index contributed by atoms with van der Waals surface area (Å²) >= 11 is 3.21. The van der Waals surface area contributed by atoms with Gasteiger partial charge in [0.05, 0.1) is 15.0 Å². The Morgan fingerprint density at radius 1 is 1.55 bits per heavy atom. The number of ether oxygens (including phenoxy) is 1. The van der Waals surface area contributed by atoms with Crippen LogP contribution in [0.15, 0.2) is 22.7 Å². The molecular formula is C14H19BrN2O3. The van der Waals surface area contributed by atoms with Gasteiger partial charge in [-0.05, 0) is 53.9 Å². The zero-order valence-corrected chi connectivity index (χ0v) is 13.4. The van der Waals surface area contributed by atoms with Crippen LogP contribution >= 0.6 is 15.9 Å². The lowest BCUT2D eigenvalue weighted by molar-refractivity contribution is -0.385. The number of nitro groups is 1. The van der Waals surface area contributed by atoms with E-state index in [9.17, 15) is 10.1 Å². The minimum atomic E-state index is -0.358. The quantitative estimate of drug-likeness (QED) is 0.621. The third kappa shape index (κ3) is 3.56. The van der Waals surface area contributed by atoms with Crippen LogP contribution in [0.5, 0.6) is 0 Å². The molecule has 1 unspecified atom stereocenters. The number of nitrogens with zero attached hydrogens (tertiary/aromatic N) is 2. The van der Waals surface area contributed by atoms with E-state index in [1.54, 1.807) is 19.2 Å². The highest BCUT2D eigenvalue weighted by Gasteiger charge is 2.30. The van der Waals surface area contributed by atoms with Crippen LogP contribution in [0.4, 0.5) is 5.69 Å². The summed E-state index contributed by atoms with van der Waals surface area (Å²) in [5.74, 6) is 0. The first-order chi connectivity index (χ1) is 9.43. The van der Waals surface area contributed by atoms with E-state index in [2.05, 4.69) is 27.8 Å². The van der Waals surface area contributed by atoms with E-state index >= 15 is 0 Å². The van der Waals surface area contributed by atoms with Gasteiger partial charge in [0, 0.05) is 26.3 Å². The van der Waals surface area contributed by atoms with Crippen LogP contribution in [0.2, 0.25) is 0 Å². The third-order valence-corrected chi connectivity index (χ3v) is 4.51. The van der Waals surface area contributed by atoms with Gasteiger partial charge in [-0.15, -0.1) is 0 Å². The van der Waals surface area contributed by atoms with Crippen molar-refractivity contribution in [2.45, 2.75) is 31.9 Å². The summed E-state index contributed by atoms with van der Waals surface area (Å²) in [6, 6.07) is 5.31. The number of piperidine rings is 1. The van der Waals surface area contributed by atoms with Gasteiger partial charge in [0.15, 0.2) is 0 Å². The van der Waals surface area contributed by atoms with Crippen molar-refractivity contribution < 1.29 is 9.66 Å². The molecular weight excluding hydrogens is 324 g/mol. The predicted molar refractivity (Wildman–Crippen MR) is 80.7 cm³/mol. The number of likely N-dealkylation sites (tertiary alicyclic amines) is 1. The number of rotatable bonds is 4. The molecule has 6 heteroatoms. The van der Waals surface area contributed by atoms with E-state index in [4.69, 9.17) is 4.74 Å². The zero-order valence-electron chi connectivity index (χ0n) is 11.8. The second kappa shape index (κ2) is 6.20. The number of benzene rings is 1. The number of halogens is 1. The van der Waals surface area contributed by atoms with Gasteiger partial charge in [-0.1, -0.05) is 6.07 Å². The minimum absolute atomic E-state index is 0.112. The van der Waals surface area contributed by atoms with Crippen molar-refractivity contribution in [1.29, 1.82) is 0 Å². The van der Waals surface area contributed by atoms with E-state index in [-0.39, 0.29) is 16.2 Å². The third-order valence-electron chi connectivity index (χ3n) is 3.84. The predicted octanol–water partition coefficient (Wildman–Crippen LogP) is 3.36. The Bertz CT molecular complexity index is 509. The summed E-state index contributed by atoms with van der Waals surface area (Å²) in [7, 11) is 1.74. The number of hydrogen-bond acceptors (Lipinski definition) is 4. The Morgan fingerprint density at radius 3 is 2.95 bits per heavy atom. The summed E-state index contributed by atoms with van der Waals surface area (Å²) < 4.78 is 6.09.